The second-order valence-corrected chi connectivity index (χ2v) is 6.92. The van der Waals surface area contributed by atoms with Crippen LogP contribution in [0.1, 0.15) is 40.2 Å². The number of rotatable bonds is 3. The predicted molar refractivity (Wildman–Crippen MR) is 94.6 cm³/mol. The minimum absolute atomic E-state index is 0.0662. The molecule has 3 aromatic rings. The molecule has 0 aliphatic carbocycles. The summed E-state index contributed by atoms with van der Waals surface area (Å²) < 4.78 is 45.8. The Bertz CT molecular complexity index is 977. The molecule has 0 bridgehead atoms. The van der Waals surface area contributed by atoms with Gasteiger partial charge in [-0.1, -0.05) is 12.1 Å². The Morgan fingerprint density at radius 3 is 2.41 bits per heavy atom. The van der Waals surface area contributed by atoms with E-state index in [-0.39, 0.29) is 5.91 Å². The van der Waals surface area contributed by atoms with Crippen LogP contribution in [0, 0.1) is 6.92 Å². The van der Waals surface area contributed by atoms with Gasteiger partial charge in [0.05, 0.1) is 11.1 Å². The monoisotopic (exact) mass is 376 g/mol. The minimum Gasteiger partial charge on any atom is -0.460 e. The van der Waals surface area contributed by atoms with E-state index in [4.69, 9.17) is 4.42 Å². The number of nitrogens with zero attached hydrogens (tertiary/aromatic N) is 2. The smallest absolute Gasteiger partial charge is 0.416 e. The fraction of sp³-hybridized carbons (Fsp3) is 0.350. The van der Waals surface area contributed by atoms with Crippen molar-refractivity contribution in [3.8, 4) is 0 Å². The number of amides is 1. The van der Waals surface area contributed by atoms with Crippen molar-refractivity contribution in [3.63, 3.8) is 0 Å². The Morgan fingerprint density at radius 1 is 1.11 bits per heavy atom. The average Bonchev–Trinajstić information content (AvgIpc) is 3.32. The van der Waals surface area contributed by atoms with E-state index in [9.17, 15) is 18.0 Å². The average molecular weight is 376 g/mol. The van der Waals surface area contributed by atoms with Gasteiger partial charge in [0.2, 0.25) is 0 Å². The van der Waals surface area contributed by atoms with Gasteiger partial charge in [0.25, 0.3) is 5.91 Å². The highest BCUT2D eigenvalue weighted by atomic mass is 19.4. The van der Waals surface area contributed by atoms with Gasteiger partial charge in [-0.3, -0.25) is 4.79 Å². The van der Waals surface area contributed by atoms with Crippen molar-refractivity contribution in [2.24, 2.45) is 0 Å². The molecule has 142 valence electrons. The van der Waals surface area contributed by atoms with Crippen LogP contribution >= 0.6 is 0 Å². The molecule has 1 amide bonds. The van der Waals surface area contributed by atoms with Crippen LogP contribution in [0.5, 0.6) is 0 Å². The zero-order valence-corrected chi connectivity index (χ0v) is 14.8. The molecule has 2 aromatic heterocycles. The van der Waals surface area contributed by atoms with Crippen LogP contribution in [0.15, 0.2) is 40.8 Å². The summed E-state index contributed by atoms with van der Waals surface area (Å²) in [4.78, 5) is 14.7. The molecule has 1 saturated heterocycles. The largest absolute Gasteiger partial charge is 0.460 e. The molecule has 1 aliphatic heterocycles. The lowest BCUT2D eigenvalue weighted by Gasteiger charge is -2.17. The van der Waals surface area contributed by atoms with Crippen LogP contribution in [0.2, 0.25) is 0 Å². The van der Waals surface area contributed by atoms with Gasteiger partial charge >= 0.3 is 6.18 Å². The molecule has 1 fully saturated rings. The first-order valence-electron chi connectivity index (χ1n) is 8.88. The van der Waals surface area contributed by atoms with E-state index >= 15 is 0 Å². The molecule has 0 spiro atoms. The van der Waals surface area contributed by atoms with Crippen molar-refractivity contribution in [1.82, 2.24) is 9.47 Å². The highest BCUT2D eigenvalue weighted by Gasteiger charge is 2.30. The van der Waals surface area contributed by atoms with E-state index in [1.165, 1.54) is 12.1 Å². The lowest BCUT2D eigenvalue weighted by Crippen LogP contribution is -2.29. The maximum Gasteiger partial charge on any atom is 0.416 e. The Hall–Kier alpha value is -2.70. The summed E-state index contributed by atoms with van der Waals surface area (Å²) in [5, 5.41) is 0. The number of aryl methyl sites for hydroxylation is 1. The molecule has 0 atom stereocenters. The third-order valence-corrected chi connectivity index (χ3v) is 4.95. The molecule has 0 radical (unpaired) electrons. The summed E-state index contributed by atoms with van der Waals surface area (Å²) in [7, 11) is 0. The number of hydrogen-bond acceptors (Lipinski definition) is 2. The van der Waals surface area contributed by atoms with Gasteiger partial charge in [-0.05, 0) is 37.5 Å². The number of aromatic nitrogens is 1. The third-order valence-electron chi connectivity index (χ3n) is 4.95. The molecule has 4 rings (SSSR count). The molecular formula is C20H19F3N2O2. The topological polar surface area (TPSA) is 38.4 Å². The van der Waals surface area contributed by atoms with E-state index in [0.29, 0.717) is 23.4 Å². The van der Waals surface area contributed by atoms with Gasteiger partial charge in [0, 0.05) is 31.8 Å². The van der Waals surface area contributed by atoms with Crippen molar-refractivity contribution < 1.29 is 22.4 Å². The van der Waals surface area contributed by atoms with Gasteiger partial charge in [-0.15, -0.1) is 0 Å². The number of hydrogen-bond donors (Lipinski definition) is 0. The first-order chi connectivity index (χ1) is 12.8. The quantitative estimate of drug-likeness (QED) is 0.656. The standard InChI is InChI=1S/C20H19F3N2O2/c1-13-10-16-18(27-13)11-17(19(26)24-8-2-3-9-24)25(16)12-14-4-6-15(7-5-14)20(21,22)23/h4-7,10-11H,2-3,8-9,12H2,1H3. The lowest BCUT2D eigenvalue weighted by atomic mass is 10.1. The van der Waals surface area contributed by atoms with Crippen LogP contribution in [-0.2, 0) is 12.7 Å². The zero-order chi connectivity index (χ0) is 19.2. The molecule has 0 N–H and O–H groups in total. The van der Waals surface area contributed by atoms with Crippen molar-refractivity contribution in [2.75, 3.05) is 13.1 Å². The maximum absolute atomic E-state index is 12.9. The fourth-order valence-corrected chi connectivity index (χ4v) is 3.58. The highest BCUT2D eigenvalue weighted by Crippen LogP contribution is 2.30. The van der Waals surface area contributed by atoms with E-state index < -0.39 is 11.7 Å². The summed E-state index contributed by atoms with van der Waals surface area (Å²) in [6.45, 7) is 3.58. The van der Waals surface area contributed by atoms with Crippen LogP contribution in [0.25, 0.3) is 11.1 Å². The van der Waals surface area contributed by atoms with E-state index in [2.05, 4.69) is 0 Å². The lowest BCUT2D eigenvalue weighted by molar-refractivity contribution is -0.137. The van der Waals surface area contributed by atoms with Crippen LogP contribution < -0.4 is 0 Å². The second kappa shape index (κ2) is 6.48. The Morgan fingerprint density at radius 2 is 1.78 bits per heavy atom. The third kappa shape index (κ3) is 3.34. The molecular weight excluding hydrogens is 357 g/mol. The summed E-state index contributed by atoms with van der Waals surface area (Å²) in [6.07, 6.45) is -2.39. The second-order valence-electron chi connectivity index (χ2n) is 6.92. The van der Waals surface area contributed by atoms with Gasteiger partial charge < -0.3 is 13.9 Å². The summed E-state index contributed by atoms with van der Waals surface area (Å²) in [5.41, 5.74) is 1.90. The van der Waals surface area contributed by atoms with Gasteiger partial charge in [-0.2, -0.15) is 13.2 Å². The van der Waals surface area contributed by atoms with Crippen molar-refractivity contribution >= 4 is 17.0 Å². The molecule has 1 aliphatic rings. The minimum atomic E-state index is -4.36. The molecule has 7 heteroatoms. The first kappa shape index (κ1) is 17.7. The Balaban J connectivity index is 1.70. The molecule has 0 saturated carbocycles. The number of halogens is 3. The molecule has 3 heterocycles. The maximum atomic E-state index is 12.9. The molecule has 1 aromatic carbocycles. The van der Waals surface area contributed by atoms with Crippen molar-refractivity contribution in [1.29, 1.82) is 0 Å². The van der Waals surface area contributed by atoms with E-state index in [0.717, 1.165) is 49.3 Å². The van der Waals surface area contributed by atoms with Crippen LogP contribution in [-0.4, -0.2) is 28.5 Å². The number of fused-ring (bicyclic) bond motifs is 1. The number of alkyl halides is 3. The summed E-state index contributed by atoms with van der Waals surface area (Å²) in [5.74, 6) is 0.657. The number of benzene rings is 1. The van der Waals surface area contributed by atoms with Gasteiger partial charge in [0.15, 0.2) is 5.58 Å². The fourth-order valence-electron chi connectivity index (χ4n) is 3.58. The first-order valence-corrected chi connectivity index (χ1v) is 8.88. The van der Waals surface area contributed by atoms with E-state index in [1.807, 2.05) is 22.5 Å². The number of likely N-dealkylation sites (tertiary alicyclic amines) is 1. The van der Waals surface area contributed by atoms with Gasteiger partial charge in [0.1, 0.15) is 11.5 Å². The molecule has 4 nitrogen and oxygen atoms in total. The van der Waals surface area contributed by atoms with E-state index in [1.54, 1.807) is 6.07 Å². The summed E-state index contributed by atoms with van der Waals surface area (Å²) >= 11 is 0. The van der Waals surface area contributed by atoms with Gasteiger partial charge in [-0.25, -0.2) is 0 Å². The zero-order valence-electron chi connectivity index (χ0n) is 14.8. The highest BCUT2D eigenvalue weighted by molar-refractivity contribution is 5.97. The number of furan rings is 1. The number of carbonyl (C=O) groups is 1. The molecule has 27 heavy (non-hydrogen) atoms. The summed E-state index contributed by atoms with van der Waals surface area (Å²) in [6, 6.07) is 8.61. The predicted octanol–water partition coefficient (Wildman–Crippen LogP) is 4.85. The van der Waals surface area contributed by atoms with Crippen LogP contribution in [0.3, 0.4) is 0 Å². The number of carbonyl (C=O) groups excluding carboxylic acids is 1. The van der Waals surface area contributed by atoms with Crippen molar-refractivity contribution in [3.05, 3.63) is 59.0 Å². The van der Waals surface area contributed by atoms with Crippen molar-refractivity contribution in [2.45, 2.75) is 32.5 Å². The normalized spacial score (nSPS) is 15.0. The Kier molecular flexibility index (Phi) is 4.25. The SMILES string of the molecule is Cc1cc2c(cc(C(=O)N3CCCC3)n2Cc2ccc(C(F)(F)F)cc2)o1. The van der Waals surface area contributed by atoms with Crippen LogP contribution in [0.4, 0.5) is 13.2 Å². The Labute approximate surface area is 154 Å². The molecule has 0 unspecified atom stereocenters.